The standard InChI is InChI=1S/C20H21N3O2S.ClH/c1-12(2)25-20(24)13-7-9-14(10-8-13)23-18-17-15-5-3-4-6-16(15)26-19(17)22-11-21-18;/h7-12H,3-6H2,1-2H3,(H,21,22,23);1H. The van der Waals surface area contributed by atoms with E-state index in [1.807, 2.05) is 26.0 Å². The monoisotopic (exact) mass is 403 g/mol. The third-order valence-electron chi connectivity index (χ3n) is 4.48. The lowest BCUT2D eigenvalue weighted by Gasteiger charge is -2.13. The number of hydrogen-bond donors (Lipinski definition) is 1. The fourth-order valence-corrected chi connectivity index (χ4v) is 4.52. The molecule has 1 aliphatic carbocycles. The van der Waals surface area contributed by atoms with Crippen LogP contribution in [0, 0.1) is 0 Å². The summed E-state index contributed by atoms with van der Waals surface area (Å²) in [6, 6.07) is 7.30. The van der Waals surface area contributed by atoms with E-state index in [4.69, 9.17) is 4.74 Å². The molecule has 2 heterocycles. The number of aryl methyl sites for hydroxylation is 2. The molecule has 1 aromatic carbocycles. The van der Waals surface area contributed by atoms with E-state index >= 15 is 0 Å². The van der Waals surface area contributed by atoms with Crippen LogP contribution in [0.1, 0.15) is 47.5 Å². The zero-order chi connectivity index (χ0) is 18.1. The number of carbonyl (C=O) groups is 1. The van der Waals surface area contributed by atoms with Gasteiger partial charge < -0.3 is 10.1 Å². The van der Waals surface area contributed by atoms with Crippen molar-refractivity contribution in [3.63, 3.8) is 0 Å². The van der Waals surface area contributed by atoms with Gasteiger partial charge in [0.05, 0.1) is 17.1 Å². The predicted molar refractivity (Wildman–Crippen MR) is 112 cm³/mol. The number of aromatic nitrogens is 2. The maximum Gasteiger partial charge on any atom is 0.338 e. The summed E-state index contributed by atoms with van der Waals surface area (Å²) in [6.45, 7) is 3.69. The summed E-state index contributed by atoms with van der Waals surface area (Å²) in [5.74, 6) is 0.537. The largest absolute Gasteiger partial charge is 0.459 e. The van der Waals surface area contributed by atoms with E-state index in [1.54, 1.807) is 29.8 Å². The van der Waals surface area contributed by atoms with Gasteiger partial charge in [-0.05, 0) is 69.4 Å². The van der Waals surface area contributed by atoms with Crippen molar-refractivity contribution in [1.29, 1.82) is 0 Å². The summed E-state index contributed by atoms with van der Waals surface area (Å²) in [4.78, 5) is 23.4. The first-order valence-electron chi connectivity index (χ1n) is 8.95. The molecule has 0 saturated heterocycles. The van der Waals surface area contributed by atoms with Crippen LogP contribution in [0.15, 0.2) is 30.6 Å². The summed E-state index contributed by atoms with van der Waals surface area (Å²) in [5, 5.41) is 4.54. The van der Waals surface area contributed by atoms with Crippen LogP contribution in [0.3, 0.4) is 0 Å². The summed E-state index contributed by atoms with van der Waals surface area (Å²) in [7, 11) is 0. The fourth-order valence-electron chi connectivity index (χ4n) is 3.29. The van der Waals surface area contributed by atoms with E-state index in [1.165, 1.54) is 23.3 Å². The minimum Gasteiger partial charge on any atom is -0.459 e. The second-order valence-electron chi connectivity index (χ2n) is 6.77. The van der Waals surface area contributed by atoms with Gasteiger partial charge in [0.2, 0.25) is 0 Å². The third kappa shape index (κ3) is 4.06. The fraction of sp³-hybridized carbons (Fsp3) is 0.350. The number of ether oxygens (including phenoxy) is 1. The molecule has 0 bridgehead atoms. The van der Waals surface area contributed by atoms with E-state index in [9.17, 15) is 4.79 Å². The molecule has 0 atom stereocenters. The zero-order valence-electron chi connectivity index (χ0n) is 15.3. The molecule has 2 aromatic heterocycles. The number of halogens is 1. The molecule has 1 N–H and O–H groups in total. The molecule has 0 radical (unpaired) electrons. The molecule has 4 rings (SSSR count). The lowest BCUT2D eigenvalue weighted by Crippen LogP contribution is -2.11. The number of nitrogens with one attached hydrogen (secondary N) is 1. The maximum absolute atomic E-state index is 12.0. The Labute approximate surface area is 168 Å². The Morgan fingerprint density at radius 2 is 1.89 bits per heavy atom. The zero-order valence-corrected chi connectivity index (χ0v) is 17.0. The summed E-state index contributed by atoms with van der Waals surface area (Å²) < 4.78 is 5.23. The van der Waals surface area contributed by atoms with Crippen molar-refractivity contribution in [3.05, 3.63) is 46.6 Å². The van der Waals surface area contributed by atoms with Gasteiger partial charge in [-0.2, -0.15) is 0 Å². The molecule has 142 valence electrons. The van der Waals surface area contributed by atoms with Crippen molar-refractivity contribution in [1.82, 2.24) is 9.97 Å². The normalized spacial score (nSPS) is 13.1. The Balaban J connectivity index is 0.00000210. The third-order valence-corrected chi connectivity index (χ3v) is 5.68. The van der Waals surface area contributed by atoms with Gasteiger partial charge in [0.15, 0.2) is 0 Å². The average Bonchev–Trinajstić information content (AvgIpc) is 3.01. The van der Waals surface area contributed by atoms with Gasteiger partial charge in [0.25, 0.3) is 0 Å². The molecule has 0 aliphatic heterocycles. The molecular formula is C20H22ClN3O2S. The first-order valence-corrected chi connectivity index (χ1v) is 9.77. The number of benzene rings is 1. The lowest BCUT2D eigenvalue weighted by molar-refractivity contribution is 0.0378. The smallest absolute Gasteiger partial charge is 0.338 e. The molecule has 7 heteroatoms. The Morgan fingerprint density at radius 3 is 2.63 bits per heavy atom. The molecule has 0 spiro atoms. The molecule has 0 amide bonds. The number of thiophene rings is 1. The van der Waals surface area contributed by atoms with Crippen molar-refractivity contribution in [3.8, 4) is 0 Å². The number of nitrogens with zero attached hydrogens (tertiary/aromatic N) is 2. The molecule has 3 aromatic rings. The van der Waals surface area contributed by atoms with Crippen molar-refractivity contribution in [2.75, 3.05) is 5.32 Å². The SMILES string of the molecule is CC(C)OC(=O)c1ccc(Nc2ncnc3sc4c(c23)CCCC4)cc1.Cl. The van der Waals surface area contributed by atoms with Gasteiger partial charge in [0.1, 0.15) is 17.0 Å². The van der Waals surface area contributed by atoms with E-state index in [-0.39, 0.29) is 24.5 Å². The van der Waals surface area contributed by atoms with Crippen LogP contribution in [0.25, 0.3) is 10.2 Å². The number of rotatable bonds is 4. The van der Waals surface area contributed by atoms with Crippen LogP contribution in [0.5, 0.6) is 0 Å². The minimum atomic E-state index is -0.303. The van der Waals surface area contributed by atoms with Crippen LogP contribution in [-0.2, 0) is 17.6 Å². The highest BCUT2D eigenvalue weighted by Crippen LogP contribution is 2.38. The second kappa shape index (κ2) is 8.23. The average molecular weight is 404 g/mol. The Morgan fingerprint density at radius 1 is 1.15 bits per heavy atom. The highest BCUT2D eigenvalue weighted by atomic mass is 35.5. The van der Waals surface area contributed by atoms with E-state index in [2.05, 4.69) is 15.3 Å². The highest BCUT2D eigenvalue weighted by molar-refractivity contribution is 7.19. The van der Waals surface area contributed by atoms with Crippen LogP contribution < -0.4 is 5.32 Å². The molecule has 27 heavy (non-hydrogen) atoms. The lowest BCUT2D eigenvalue weighted by atomic mass is 9.97. The van der Waals surface area contributed by atoms with E-state index < -0.39 is 0 Å². The number of hydrogen-bond acceptors (Lipinski definition) is 6. The van der Waals surface area contributed by atoms with E-state index in [0.717, 1.165) is 34.6 Å². The van der Waals surface area contributed by atoms with Gasteiger partial charge in [0, 0.05) is 10.6 Å². The van der Waals surface area contributed by atoms with Crippen molar-refractivity contribution in [2.45, 2.75) is 45.6 Å². The Hall–Kier alpha value is -2.18. The summed E-state index contributed by atoms with van der Waals surface area (Å²) in [5.41, 5.74) is 2.84. The summed E-state index contributed by atoms with van der Waals surface area (Å²) in [6.07, 6.45) is 6.20. The van der Waals surface area contributed by atoms with Gasteiger partial charge in [-0.1, -0.05) is 0 Å². The van der Waals surface area contributed by atoms with Crippen molar-refractivity contribution >= 4 is 51.4 Å². The quantitative estimate of drug-likeness (QED) is 0.598. The second-order valence-corrected chi connectivity index (χ2v) is 7.85. The highest BCUT2D eigenvalue weighted by Gasteiger charge is 2.20. The number of esters is 1. The molecule has 5 nitrogen and oxygen atoms in total. The van der Waals surface area contributed by atoms with Gasteiger partial charge in [-0.15, -0.1) is 23.7 Å². The topological polar surface area (TPSA) is 64.1 Å². The van der Waals surface area contributed by atoms with Gasteiger partial charge in [-0.3, -0.25) is 0 Å². The molecular weight excluding hydrogens is 382 g/mol. The van der Waals surface area contributed by atoms with Crippen LogP contribution in [0.4, 0.5) is 11.5 Å². The number of carbonyl (C=O) groups excluding carboxylic acids is 1. The molecule has 1 aliphatic rings. The first-order chi connectivity index (χ1) is 12.6. The van der Waals surface area contributed by atoms with Crippen LogP contribution in [-0.4, -0.2) is 22.0 Å². The first kappa shape index (κ1) is 19.6. The minimum absolute atomic E-state index is 0. The van der Waals surface area contributed by atoms with Crippen LogP contribution in [0.2, 0.25) is 0 Å². The van der Waals surface area contributed by atoms with E-state index in [0.29, 0.717) is 5.56 Å². The van der Waals surface area contributed by atoms with Gasteiger partial charge in [-0.25, -0.2) is 14.8 Å². The van der Waals surface area contributed by atoms with Crippen LogP contribution >= 0.6 is 23.7 Å². The molecule has 0 fully saturated rings. The Bertz CT molecular complexity index is 954. The van der Waals surface area contributed by atoms with Gasteiger partial charge >= 0.3 is 5.97 Å². The molecule has 0 saturated carbocycles. The summed E-state index contributed by atoms with van der Waals surface area (Å²) >= 11 is 1.78. The molecule has 0 unspecified atom stereocenters. The predicted octanol–water partition coefficient (Wildman–Crippen LogP) is 5.30. The maximum atomic E-state index is 12.0. The number of anilines is 2. The van der Waals surface area contributed by atoms with Crippen molar-refractivity contribution in [2.24, 2.45) is 0 Å². The Kier molecular flexibility index (Phi) is 5.97. The van der Waals surface area contributed by atoms with Crippen molar-refractivity contribution < 1.29 is 9.53 Å². The number of fused-ring (bicyclic) bond motifs is 3.